The van der Waals surface area contributed by atoms with Crippen molar-refractivity contribution in [3.05, 3.63) is 34.8 Å². The minimum Gasteiger partial charge on any atom is -0.393 e. The first kappa shape index (κ1) is 20.2. The standard InChI is InChI=1S/C20H26N6OS/c1-4-17-16(6-5-14-11-18(25-28-3)13(2)22-12-14)19(24-20(21)23-17)26-9-7-15(27)8-10-26/h11-12,15,25,27H,4,7-10H2,1-3H3,(H2,21,23,24). The molecule has 1 aliphatic rings. The van der Waals surface area contributed by atoms with E-state index in [1.807, 2.05) is 26.2 Å². The van der Waals surface area contributed by atoms with Gasteiger partial charge in [0.15, 0.2) is 0 Å². The maximum Gasteiger partial charge on any atom is 0.222 e. The van der Waals surface area contributed by atoms with E-state index in [1.165, 1.54) is 11.9 Å². The summed E-state index contributed by atoms with van der Waals surface area (Å²) in [4.78, 5) is 15.4. The van der Waals surface area contributed by atoms with Gasteiger partial charge in [0.1, 0.15) is 5.82 Å². The summed E-state index contributed by atoms with van der Waals surface area (Å²) in [6.45, 7) is 5.44. The lowest BCUT2D eigenvalue weighted by Crippen LogP contribution is -2.37. The molecular weight excluding hydrogens is 372 g/mol. The molecule has 7 nitrogen and oxygen atoms in total. The Hall–Kier alpha value is -2.50. The van der Waals surface area contributed by atoms with Gasteiger partial charge < -0.3 is 20.5 Å². The van der Waals surface area contributed by atoms with Gasteiger partial charge in [-0.2, -0.15) is 4.98 Å². The van der Waals surface area contributed by atoms with Gasteiger partial charge >= 0.3 is 0 Å². The van der Waals surface area contributed by atoms with Crippen molar-refractivity contribution < 1.29 is 5.11 Å². The van der Waals surface area contributed by atoms with Crippen LogP contribution < -0.4 is 15.4 Å². The topological polar surface area (TPSA) is 100 Å². The van der Waals surface area contributed by atoms with Crippen LogP contribution in [0.15, 0.2) is 12.3 Å². The molecule has 0 spiro atoms. The molecule has 0 saturated carbocycles. The number of nitrogens with zero attached hydrogens (tertiary/aromatic N) is 4. The van der Waals surface area contributed by atoms with Gasteiger partial charge in [0, 0.05) is 31.1 Å². The van der Waals surface area contributed by atoms with Crippen molar-refractivity contribution >= 4 is 29.4 Å². The maximum absolute atomic E-state index is 9.82. The largest absolute Gasteiger partial charge is 0.393 e. The number of rotatable bonds is 4. The van der Waals surface area contributed by atoms with Crippen molar-refractivity contribution in [2.75, 3.05) is 34.7 Å². The zero-order valence-corrected chi connectivity index (χ0v) is 17.3. The molecule has 0 radical (unpaired) electrons. The molecule has 0 bridgehead atoms. The number of nitrogens with one attached hydrogen (secondary N) is 1. The number of nitrogen functional groups attached to an aromatic ring is 1. The van der Waals surface area contributed by atoms with E-state index in [4.69, 9.17) is 5.73 Å². The molecule has 1 aliphatic heterocycles. The second-order valence-electron chi connectivity index (χ2n) is 6.71. The number of aryl methyl sites for hydroxylation is 2. The Labute approximate surface area is 170 Å². The molecule has 1 fully saturated rings. The molecule has 148 valence electrons. The summed E-state index contributed by atoms with van der Waals surface area (Å²) in [6.07, 6.45) is 5.63. The third-order valence-corrected chi connectivity index (χ3v) is 5.14. The van der Waals surface area contributed by atoms with Crippen molar-refractivity contribution in [3.8, 4) is 11.8 Å². The Bertz CT molecular complexity index is 900. The van der Waals surface area contributed by atoms with Gasteiger partial charge in [0.25, 0.3) is 0 Å². The summed E-state index contributed by atoms with van der Waals surface area (Å²) >= 11 is 1.52. The van der Waals surface area contributed by atoms with Gasteiger partial charge in [0.05, 0.1) is 28.7 Å². The fourth-order valence-electron chi connectivity index (χ4n) is 3.15. The highest BCUT2D eigenvalue weighted by Crippen LogP contribution is 2.25. The van der Waals surface area contributed by atoms with Crippen molar-refractivity contribution in [2.45, 2.75) is 39.2 Å². The Morgan fingerprint density at radius 2 is 2.07 bits per heavy atom. The van der Waals surface area contributed by atoms with Crippen LogP contribution in [0, 0.1) is 18.8 Å². The fourth-order valence-corrected chi connectivity index (χ4v) is 3.58. The number of aliphatic hydroxyl groups excluding tert-OH is 1. The Morgan fingerprint density at radius 3 is 2.75 bits per heavy atom. The minimum absolute atomic E-state index is 0.253. The number of aliphatic hydroxyl groups is 1. The molecule has 28 heavy (non-hydrogen) atoms. The van der Waals surface area contributed by atoms with E-state index in [2.05, 4.69) is 36.4 Å². The molecule has 0 aliphatic carbocycles. The molecule has 2 aromatic rings. The number of hydrogen-bond donors (Lipinski definition) is 3. The molecule has 3 heterocycles. The van der Waals surface area contributed by atoms with E-state index in [0.29, 0.717) is 19.3 Å². The third kappa shape index (κ3) is 4.66. The first-order chi connectivity index (χ1) is 13.5. The van der Waals surface area contributed by atoms with E-state index < -0.39 is 0 Å². The molecule has 2 aromatic heterocycles. The van der Waals surface area contributed by atoms with Crippen molar-refractivity contribution in [3.63, 3.8) is 0 Å². The monoisotopic (exact) mass is 398 g/mol. The quantitative estimate of drug-likeness (QED) is 0.533. The summed E-state index contributed by atoms with van der Waals surface area (Å²) in [5, 5.41) is 9.82. The van der Waals surface area contributed by atoms with Crippen LogP contribution in [0.25, 0.3) is 0 Å². The highest BCUT2D eigenvalue weighted by molar-refractivity contribution is 7.99. The van der Waals surface area contributed by atoms with Crippen LogP contribution >= 0.6 is 11.9 Å². The molecule has 0 atom stereocenters. The van der Waals surface area contributed by atoms with Crippen LogP contribution in [0.2, 0.25) is 0 Å². The van der Waals surface area contributed by atoms with Crippen molar-refractivity contribution in [1.29, 1.82) is 0 Å². The predicted molar refractivity (Wildman–Crippen MR) is 115 cm³/mol. The third-order valence-electron chi connectivity index (χ3n) is 4.71. The smallest absolute Gasteiger partial charge is 0.222 e. The average molecular weight is 399 g/mol. The van der Waals surface area contributed by atoms with E-state index >= 15 is 0 Å². The number of hydrogen-bond acceptors (Lipinski definition) is 8. The SMILES string of the molecule is CCc1nc(N)nc(N2CCC(O)CC2)c1C#Cc1cnc(C)c(NSC)c1. The van der Waals surface area contributed by atoms with E-state index in [9.17, 15) is 5.11 Å². The molecule has 4 N–H and O–H groups in total. The van der Waals surface area contributed by atoms with Gasteiger partial charge in [-0.15, -0.1) is 0 Å². The second-order valence-corrected chi connectivity index (χ2v) is 7.32. The fraction of sp³-hybridized carbons (Fsp3) is 0.450. The highest BCUT2D eigenvalue weighted by atomic mass is 32.2. The first-order valence-electron chi connectivity index (χ1n) is 9.38. The Kier molecular flexibility index (Phi) is 6.60. The molecule has 1 saturated heterocycles. The highest BCUT2D eigenvalue weighted by Gasteiger charge is 2.22. The molecule has 0 unspecified atom stereocenters. The predicted octanol–water partition coefficient (Wildman–Crippen LogP) is 2.38. The van der Waals surface area contributed by atoms with Crippen LogP contribution in [0.5, 0.6) is 0 Å². The maximum atomic E-state index is 9.82. The molecule has 0 amide bonds. The van der Waals surface area contributed by atoms with E-state index in [-0.39, 0.29) is 12.1 Å². The summed E-state index contributed by atoms with van der Waals surface area (Å²) < 4.78 is 3.22. The number of piperidine rings is 1. The molecular formula is C20H26N6OS. The number of nitrogens with two attached hydrogens (primary N) is 1. The summed E-state index contributed by atoms with van der Waals surface area (Å²) in [7, 11) is 0. The Morgan fingerprint density at radius 1 is 1.32 bits per heavy atom. The van der Waals surface area contributed by atoms with Crippen molar-refractivity contribution in [1.82, 2.24) is 15.0 Å². The van der Waals surface area contributed by atoms with Crippen LogP contribution in [0.1, 0.15) is 42.3 Å². The zero-order valence-electron chi connectivity index (χ0n) is 16.5. The van der Waals surface area contributed by atoms with Gasteiger partial charge in [-0.05, 0) is 32.3 Å². The minimum atomic E-state index is -0.253. The van der Waals surface area contributed by atoms with E-state index in [0.717, 1.165) is 47.1 Å². The van der Waals surface area contributed by atoms with Gasteiger partial charge in [-0.1, -0.05) is 30.7 Å². The lowest BCUT2D eigenvalue weighted by Gasteiger charge is -2.31. The Balaban J connectivity index is 2.00. The summed E-state index contributed by atoms with van der Waals surface area (Å²) in [5.74, 6) is 7.49. The van der Waals surface area contributed by atoms with E-state index in [1.54, 1.807) is 6.20 Å². The van der Waals surface area contributed by atoms with Crippen LogP contribution in [-0.2, 0) is 6.42 Å². The summed E-state index contributed by atoms with van der Waals surface area (Å²) in [6, 6.07) is 1.99. The summed E-state index contributed by atoms with van der Waals surface area (Å²) in [5.41, 5.74) is 10.3. The number of aromatic nitrogens is 3. The van der Waals surface area contributed by atoms with Crippen LogP contribution in [0.4, 0.5) is 17.5 Å². The van der Waals surface area contributed by atoms with Gasteiger partial charge in [0.2, 0.25) is 5.95 Å². The number of anilines is 3. The lowest BCUT2D eigenvalue weighted by atomic mass is 10.1. The number of pyridine rings is 1. The zero-order chi connectivity index (χ0) is 20.1. The van der Waals surface area contributed by atoms with Gasteiger partial charge in [-0.3, -0.25) is 4.98 Å². The average Bonchev–Trinajstić information content (AvgIpc) is 2.69. The van der Waals surface area contributed by atoms with Crippen molar-refractivity contribution in [2.24, 2.45) is 0 Å². The van der Waals surface area contributed by atoms with Crippen LogP contribution in [-0.4, -0.2) is 45.5 Å². The normalized spacial score (nSPS) is 14.5. The first-order valence-corrected chi connectivity index (χ1v) is 10.6. The molecule has 0 aromatic carbocycles. The molecule has 8 heteroatoms. The lowest BCUT2D eigenvalue weighted by molar-refractivity contribution is 0.145. The second kappa shape index (κ2) is 9.13. The van der Waals surface area contributed by atoms with Gasteiger partial charge in [-0.25, -0.2) is 4.98 Å². The van der Waals surface area contributed by atoms with Crippen LogP contribution in [0.3, 0.4) is 0 Å². The molecule has 3 rings (SSSR count).